The number of rotatable bonds is 3. The summed E-state index contributed by atoms with van der Waals surface area (Å²) in [5.74, 6) is 0.476. The lowest BCUT2D eigenvalue weighted by Crippen LogP contribution is -2.49. The van der Waals surface area contributed by atoms with Gasteiger partial charge in [0, 0.05) is 24.6 Å². The molecular weight excluding hydrogens is 315 g/mol. The highest BCUT2D eigenvalue weighted by molar-refractivity contribution is 7.99. The Morgan fingerprint density at radius 2 is 2.05 bits per heavy atom. The third kappa shape index (κ3) is 3.89. The topological polar surface area (TPSA) is 49.4 Å². The lowest BCUT2D eigenvalue weighted by atomic mass is 10.2. The zero-order chi connectivity index (χ0) is 15.4. The van der Waals surface area contributed by atoms with Gasteiger partial charge in [0.15, 0.2) is 0 Å². The van der Waals surface area contributed by atoms with Crippen LogP contribution in [0, 0.1) is 5.82 Å². The van der Waals surface area contributed by atoms with Crippen molar-refractivity contribution in [2.45, 2.75) is 13.0 Å². The molecule has 0 aromatic heterocycles. The zero-order valence-corrected chi connectivity index (χ0v) is 13.1. The van der Waals surface area contributed by atoms with Crippen molar-refractivity contribution >= 4 is 35.2 Å². The van der Waals surface area contributed by atoms with Gasteiger partial charge in [-0.1, -0.05) is 17.7 Å². The average molecular weight is 331 g/mol. The molecule has 1 fully saturated rings. The Balaban J connectivity index is 2.01. The molecule has 1 aliphatic heterocycles. The molecule has 114 valence electrons. The van der Waals surface area contributed by atoms with Crippen LogP contribution in [-0.4, -0.2) is 47.4 Å². The van der Waals surface area contributed by atoms with Gasteiger partial charge >= 0.3 is 0 Å². The molecule has 1 aliphatic rings. The van der Waals surface area contributed by atoms with E-state index in [0.29, 0.717) is 13.1 Å². The molecule has 1 heterocycles. The second-order valence-electron chi connectivity index (χ2n) is 4.73. The van der Waals surface area contributed by atoms with Crippen LogP contribution in [0.5, 0.6) is 0 Å². The molecule has 0 aliphatic carbocycles. The summed E-state index contributed by atoms with van der Waals surface area (Å²) in [5, 5.41) is 2.34. The maximum Gasteiger partial charge on any atom is 0.253 e. The maximum absolute atomic E-state index is 13.3. The first kappa shape index (κ1) is 16.1. The van der Waals surface area contributed by atoms with E-state index >= 15 is 0 Å². The van der Waals surface area contributed by atoms with Gasteiger partial charge in [0.05, 0.1) is 10.6 Å². The predicted octanol–water partition coefficient (Wildman–Crippen LogP) is 2.17. The van der Waals surface area contributed by atoms with Crippen molar-refractivity contribution in [3.63, 3.8) is 0 Å². The van der Waals surface area contributed by atoms with Gasteiger partial charge in [-0.2, -0.15) is 11.8 Å². The van der Waals surface area contributed by atoms with Crippen molar-refractivity contribution in [3.8, 4) is 0 Å². The van der Waals surface area contributed by atoms with E-state index in [2.05, 4.69) is 5.32 Å². The van der Waals surface area contributed by atoms with E-state index in [0.717, 1.165) is 11.5 Å². The summed E-state index contributed by atoms with van der Waals surface area (Å²) in [6.45, 7) is 2.99. The van der Waals surface area contributed by atoms with Gasteiger partial charge in [0.1, 0.15) is 11.9 Å². The van der Waals surface area contributed by atoms with Gasteiger partial charge in [-0.05, 0) is 19.1 Å². The summed E-state index contributed by atoms with van der Waals surface area (Å²) in [5.41, 5.74) is 0.0329. The highest BCUT2D eigenvalue weighted by Gasteiger charge is 2.24. The number of amides is 2. The monoisotopic (exact) mass is 330 g/mol. The molecule has 2 rings (SSSR count). The Kier molecular flexibility index (Phi) is 5.47. The van der Waals surface area contributed by atoms with Crippen molar-refractivity contribution in [2.24, 2.45) is 0 Å². The number of hydrogen-bond donors (Lipinski definition) is 1. The summed E-state index contributed by atoms with van der Waals surface area (Å²) < 4.78 is 13.3. The summed E-state index contributed by atoms with van der Waals surface area (Å²) in [4.78, 5) is 26.0. The highest BCUT2D eigenvalue weighted by Crippen LogP contribution is 2.19. The van der Waals surface area contributed by atoms with Crippen LogP contribution in [0.4, 0.5) is 4.39 Å². The average Bonchev–Trinajstić information content (AvgIpc) is 2.50. The molecule has 1 aromatic carbocycles. The molecule has 1 aromatic rings. The molecule has 0 spiro atoms. The molecule has 0 radical (unpaired) electrons. The molecule has 0 unspecified atom stereocenters. The van der Waals surface area contributed by atoms with E-state index in [-0.39, 0.29) is 16.5 Å². The van der Waals surface area contributed by atoms with Crippen molar-refractivity contribution in [2.75, 3.05) is 24.6 Å². The number of benzene rings is 1. The molecule has 1 atom stereocenters. The Morgan fingerprint density at radius 3 is 2.71 bits per heavy atom. The number of halogens is 2. The standard InChI is InChI=1S/C14H16ClFN2O2S/c1-9(14(20)18-5-7-21-8-6-18)17-13(19)10-3-2-4-11(16)12(10)15/h2-4,9H,5-8H2,1H3,(H,17,19)/t9-/m1/s1. The molecule has 21 heavy (non-hydrogen) atoms. The number of thioether (sulfide) groups is 1. The minimum absolute atomic E-state index is 0.0329. The van der Waals surface area contributed by atoms with Crippen LogP contribution in [0.3, 0.4) is 0 Å². The first-order valence-electron chi connectivity index (χ1n) is 6.62. The van der Waals surface area contributed by atoms with Gasteiger partial charge in [-0.25, -0.2) is 4.39 Å². The third-order valence-electron chi connectivity index (χ3n) is 3.24. The molecule has 1 saturated heterocycles. The van der Waals surface area contributed by atoms with E-state index in [1.807, 2.05) is 0 Å². The molecule has 0 bridgehead atoms. The van der Waals surface area contributed by atoms with Crippen LogP contribution in [0.1, 0.15) is 17.3 Å². The normalized spacial score (nSPS) is 16.4. The fraction of sp³-hybridized carbons (Fsp3) is 0.429. The fourth-order valence-electron chi connectivity index (χ4n) is 2.07. The summed E-state index contributed by atoms with van der Waals surface area (Å²) in [6, 6.07) is 3.35. The minimum Gasteiger partial charge on any atom is -0.340 e. The van der Waals surface area contributed by atoms with Gasteiger partial charge in [0.2, 0.25) is 5.91 Å². The highest BCUT2D eigenvalue weighted by atomic mass is 35.5. The molecular formula is C14H16ClFN2O2S. The smallest absolute Gasteiger partial charge is 0.253 e. The van der Waals surface area contributed by atoms with Gasteiger partial charge < -0.3 is 10.2 Å². The second kappa shape index (κ2) is 7.13. The van der Waals surface area contributed by atoms with Gasteiger partial charge in [-0.15, -0.1) is 0 Å². The van der Waals surface area contributed by atoms with Gasteiger partial charge in [-0.3, -0.25) is 9.59 Å². The number of carbonyl (C=O) groups is 2. The predicted molar refractivity (Wildman–Crippen MR) is 82.2 cm³/mol. The molecule has 0 saturated carbocycles. The third-order valence-corrected chi connectivity index (χ3v) is 4.56. The van der Waals surface area contributed by atoms with Crippen molar-refractivity contribution in [1.29, 1.82) is 0 Å². The quantitative estimate of drug-likeness (QED) is 0.924. The Labute approximate surface area is 132 Å². The van der Waals surface area contributed by atoms with Crippen LogP contribution < -0.4 is 5.32 Å². The molecule has 2 amide bonds. The largest absolute Gasteiger partial charge is 0.340 e. The fourth-order valence-corrected chi connectivity index (χ4v) is 3.19. The van der Waals surface area contributed by atoms with Crippen LogP contribution in [0.25, 0.3) is 0 Å². The minimum atomic E-state index is -0.667. The SMILES string of the molecule is C[C@@H](NC(=O)c1cccc(F)c1Cl)C(=O)N1CCSCC1. The van der Waals surface area contributed by atoms with E-state index in [1.165, 1.54) is 18.2 Å². The summed E-state index contributed by atoms with van der Waals surface area (Å²) in [6.07, 6.45) is 0. The second-order valence-corrected chi connectivity index (χ2v) is 6.34. The summed E-state index contributed by atoms with van der Waals surface area (Å²) in [7, 11) is 0. The van der Waals surface area contributed by atoms with E-state index in [9.17, 15) is 14.0 Å². The number of carbonyl (C=O) groups excluding carboxylic acids is 2. The first-order chi connectivity index (χ1) is 10.0. The van der Waals surface area contributed by atoms with Gasteiger partial charge in [0.25, 0.3) is 5.91 Å². The lowest BCUT2D eigenvalue weighted by Gasteiger charge is -2.29. The lowest BCUT2D eigenvalue weighted by molar-refractivity contribution is -0.132. The Hall–Kier alpha value is -1.27. The number of nitrogens with one attached hydrogen (secondary N) is 1. The van der Waals surface area contributed by atoms with Crippen LogP contribution in [-0.2, 0) is 4.79 Å². The van der Waals surface area contributed by atoms with Crippen molar-refractivity contribution < 1.29 is 14.0 Å². The van der Waals surface area contributed by atoms with Crippen LogP contribution >= 0.6 is 23.4 Å². The van der Waals surface area contributed by atoms with Crippen LogP contribution in [0.15, 0.2) is 18.2 Å². The first-order valence-corrected chi connectivity index (χ1v) is 8.15. The Morgan fingerprint density at radius 1 is 1.38 bits per heavy atom. The van der Waals surface area contributed by atoms with Crippen molar-refractivity contribution in [1.82, 2.24) is 10.2 Å². The van der Waals surface area contributed by atoms with E-state index in [1.54, 1.807) is 23.6 Å². The maximum atomic E-state index is 13.3. The molecule has 4 nitrogen and oxygen atoms in total. The zero-order valence-electron chi connectivity index (χ0n) is 11.6. The van der Waals surface area contributed by atoms with Crippen molar-refractivity contribution in [3.05, 3.63) is 34.6 Å². The van der Waals surface area contributed by atoms with E-state index in [4.69, 9.17) is 11.6 Å². The van der Waals surface area contributed by atoms with Crippen LogP contribution in [0.2, 0.25) is 5.02 Å². The number of nitrogens with zero attached hydrogens (tertiary/aromatic N) is 1. The Bertz CT molecular complexity index is 550. The summed E-state index contributed by atoms with van der Waals surface area (Å²) >= 11 is 7.57. The number of hydrogen-bond acceptors (Lipinski definition) is 3. The van der Waals surface area contributed by atoms with E-state index < -0.39 is 17.8 Å². The molecule has 1 N–H and O–H groups in total. The molecule has 7 heteroatoms.